The largest absolute Gasteiger partial charge is 0.497 e. The molecule has 7 nitrogen and oxygen atoms in total. The van der Waals surface area contributed by atoms with Crippen LogP contribution in [-0.4, -0.2) is 92.1 Å². The number of benzene rings is 1. The average molecular weight is 389 g/mol. The molecule has 0 spiro atoms. The number of methoxy groups -OCH3 is 1. The summed E-state index contributed by atoms with van der Waals surface area (Å²) in [5.41, 5.74) is 1.14. The molecule has 0 aromatic heterocycles. The van der Waals surface area contributed by atoms with E-state index in [9.17, 15) is 9.59 Å². The van der Waals surface area contributed by atoms with Gasteiger partial charge in [0.25, 0.3) is 0 Å². The Balaban J connectivity index is 1.42. The third-order valence-electron chi connectivity index (χ3n) is 5.68. The molecule has 0 N–H and O–H groups in total. The molecule has 2 aliphatic rings. The van der Waals surface area contributed by atoms with Crippen molar-refractivity contribution in [2.24, 2.45) is 0 Å². The van der Waals surface area contributed by atoms with Gasteiger partial charge in [-0.15, -0.1) is 0 Å². The first kappa shape index (κ1) is 20.6. The molecular weight excluding hydrogens is 358 g/mol. The quantitative estimate of drug-likeness (QED) is 0.727. The Labute approximate surface area is 167 Å². The van der Waals surface area contributed by atoms with Crippen LogP contribution < -0.4 is 4.74 Å². The molecule has 2 heterocycles. The number of nitrogens with zero attached hydrogens (tertiary/aromatic N) is 3. The Morgan fingerprint density at radius 3 is 2.25 bits per heavy atom. The Morgan fingerprint density at radius 2 is 1.64 bits per heavy atom. The summed E-state index contributed by atoms with van der Waals surface area (Å²) in [4.78, 5) is 31.2. The number of carbonyl (C=O) groups is 2. The van der Waals surface area contributed by atoms with Gasteiger partial charge in [-0.05, 0) is 31.0 Å². The van der Waals surface area contributed by atoms with E-state index in [1.165, 1.54) is 0 Å². The van der Waals surface area contributed by atoms with Gasteiger partial charge in [0, 0.05) is 45.7 Å². The van der Waals surface area contributed by atoms with Gasteiger partial charge < -0.3 is 19.3 Å². The summed E-state index contributed by atoms with van der Waals surface area (Å²) in [6.45, 7) is 7.41. The number of rotatable bonds is 6. The molecule has 3 rings (SSSR count). The zero-order valence-electron chi connectivity index (χ0n) is 16.9. The monoisotopic (exact) mass is 389 g/mol. The highest BCUT2D eigenvalue weighted by atomic mass is 16.5. The highest BCUT2D eigenvalue weighted by molar-refractivity contribution is 5.81. The molecule has 0 radical (unpaired) electrons. The summed E-state index contributed by atoms with van der Waals surface area (Å²) in [5, 5.41) is 0. The lowest BCUT2D eigenvalue weighted by Gasteiger charge is -2.39. The molecule has 0 aliphatic carbocycles. The van der Waals surface area contributed by atoms with Crippen molar-refractivity contribution in [3.8, 4) is 5.75 Å². The smallest absolute Gasteiger partial charge is 0.239 e. The normalized spacial score (nSPS) is 19.4. The number of ether oxygens (including phenoxy) is 2. The number of carbonyl (C=O) groups excluding carboxylic acids is 2. The van der Waals surface area contributed by atoms with E-state index in [2.05, 4.69) is 4.90 Å². The maximum Gasteiger partial charge on any atom is 0.239 e. The van der Waals surface area contributed by atoms with E-state index in [1.54, 1.807) is 7.11 Å². The average Bonchev–Trinajstić information content (AvgIpc) is 2.77. The molecule has 1 unspecified atom stereocenters. The summed E-state index contributed by atoms with van der Waals surface area (Å²) in [7, 11) is 1.65. The predicted octanol–water partition coefficient (Wildman–Crippen LogP) is 1.02. The van der Waals surface area contributed by atoms with Crippen LogP contribution in [0, 0.1) is 0 Å². The molecule has 7 heteroatoms. The fourth-order valence-electron chi connectivity index (χ4n) is 3.76. The van der Waals surface area contributed by atoms with Gasteiger partial charge in [-0.25, -0.2) is 0 Å². The van der Waals surface area contributed by atoms with Crippen molar-refractivity contribution in [1.29, 1.82) is 0 Å². The SMILES string of the molecule is COc1ccc(CCC(=O)N2CCN(C(C)C(=O)N3CCOCC3)CC2)cc1. The zero-order valence-corrected chi connectivity index (χ0v) is 16.9. The van der Waals surface area contributed by atoms with Gasteiger partial charge in [0.2, 0.25) is 11.8 Å². The molecule has 2 saturated heterocycles. The number of amides is 2. The fourth-order valence-corrected chi connectivity index (χ4v) is 3.76. The maximum atomic E-state index is 12.7. The molecule has 0 bridgehead atoms. The fraction of sp³-hybridized carbons (Fsp3) is 0.619. The van der Waals surface area contributed by atoms with Crippen LogP contribution in [0.3, 0.4) is 0 Å². The van der Waals surface area contributed by atoms with Gasteiger partial charge >= 0.3 is 0 Å². The second kappa shape index (κ2) is 9.89. The molecule has 2 aliphatic heterocycles. The van der Waals surface area contributed by atoms with Gasteiger partial charge in [0.15, 0.2) is 0 Å². The lowest BCUT2D eigenvalue weighted by Crippen LogP contribution is -2.56. The summed E-state index contributed by atoms with van der Waals surface area (Å²) in [6.07, 6.45) is 1.24. The Morgan fingerprint density at radius 1 is 1.00 bits per heavy atom. The van der Waals surface area contributed by atoms with Crippen LogP contribution in [0.5, 0.6) is 5.75 Å². The predicted molar refractivity (Wildman–Crippen MR) is 106 cm³/mol. The standard InChI is InChI=1S/C21H31N3O4/c1-17(21(26)24-13-15-28-16-14-24)22-9-11-23(12-10-22)20(25)8-5-18-3-6-19(27-2)7-4-18/h3-4,6-7,17H,5,8-16H2,1-2H3. The Hall–Kier alpha value is -2.12. The summed E-state index contributed by atoms with van der Waals surface area (Å²) in [6, 6.07) is 7.71. The van der Waals surface area contributed by atoms with Gasteiger partial charge in [0.1, 0.15) is 5.75 Å². The van der Waals surface area contributed by atoms with Crippen LogP contribution in [0.1, 0.15) is 18.9 Å². The highest BCUT2D eigenvalue weighted by Gasteiger charge is 2.30. The van der Waals surface area contributed by atoms with E-state index in [0.29, 0.717) is 45.8 Å². The van der Waals surface area contributed by atoms with Gasteiger partial charge in [0.05, 0.1) is 26.4 Å². The summed E-state index contributed by atoms with van der Waals surface area (Å²) < 4.78 is 10.5. The molecule has 1 aromatic rings. The van der Waals surface area contributed by atoms with E-state index >= 15 is 0 Å². The van der Waals surface area contributed by atoms with Crippen molar-refractivity contribution in [2.45, 2.75) is 25.8 Å². The maximum absolute atomic E-state index is 12.7. The van der Waals surface area contributed by atoms with Crippen molar-refractivity contribution in [1.82, 2.24) is 14.7 Å². The summed E-state index contributed by atoms with van der Waals surface area (Å²) >= 11 is 0. The first-order valence-corrected chi connectivity index (χ1v) is 10.1. The lowest BCUT2D eigenvalue weighted by atomic mass is 10.1. The second-order valence-electron chi connectivity index (χ2n) is 7.38. The molecule has 1 atom stereocenters. The van der Waals surface area contributed by atoms with Crippen LogP contribution in [0.15, 0.2) is 24.3 Å². The van der Waals surface area contributed by atoms with Crippen LogP contribution >= 0.6 is 0 Å². The first-order chi connectivity index (χ1) is 13.6. The summed E-state index contributed by atoms with van der Waals surface area (Å²) in [5.74, 6) is 1.18. The third kappa shape index (κ3) is 5.23. The van der Waals surface area contributed by atoms with Crippen LogP contribution in [0.2, 0.25) is 0 Å². The number of piperazine rings is 1. The van der Waals surface area contributed by atoms with E-state index in [1.807, 2.05) is 41.0 Å². The Bertz CT molecular complexity index is 650. The van der Waals surface area contributed by atoms with Crippen molar-refractivity contribution in [2.75, 3.05) is 59.6 Å². The zero-order chi connectivity index (χ0) is 19.9. The van der Waals surface area contributed by atoms with Crippen molar-refractivity contribution in [3.05, 3.63) is 29.8 Å². The van der Waals surface area contributed by atoms with Gasteiger partial charge in [-0.3, -0.25) is 14.5 Å². The van der Waals surface area contributed by atoms with E-state index in [-0.39, 0.29) is 17.9 Å². The second-order valence-corrected chi connectivity index (χ2v) is 7.38. The number of morpholine rings is 1. The minimum Gasteiger partial charge on any atom is -0.497 e. The van der Waals surface area contributed by atoms with Crippen molar-refractivity contribution in [3.63, 3.8) is 0 Å². The lowest BCUT2D eigenvalue weighted by molar-refractivity contribution is -0.142. The first-order valence-electron chi connectivity index (χ1n) is 10.1. The topological polar surface area (TPSA) is 62.3 Å². The number of hydrogen-bond acceptors (Lipinski definition) is 5. The Kier molecular flexibility index (Phi) is 7.28. The minimum atomic E-state index is -0.144. The van der Waals surface area contributed by atoms with Gasteiger partial charge in [-0.2, -0.15) is 0 Å². The molecule has 154 valence electrons. The molecule has 0 saturated carbocycles. The molecule has 28 heavy (non-hydrogen) atoms. The minimum absolute atomic E-state index is 0.144. The van der Waals surface area contributed by atoms with Crippen LogP contribution in [-0.2, 0) is 20.7 Å². The highest BCUT2D eigenvalue weighted by Crippen LogP contribution is 2.15. The molecule has 2 fully saturated rings. The van der Waals surface area contributed by atoms with E-state index in [4.69, 9.17) is 9.47 Å². The van der Waals surface area contributed by atoms with Crippen molar-refractivity contribution >= 4 is 11.8 Å². The van der Waals surface area contributed by atoms with Gasteiger partial charge in [-0.1, -0.05) is 12.1 Å². The third-order valence-corrected chi connectivity index (χ3v) is 5.68. The van der Waals surface area contributed by atoms with Crippen molar-refractivity contribution < 1.29 is 19.1 Å². The van der Waals surface area contributed by atoms with E-state index in [0.717, 1.165) is 30.8 Å². The van der Waals surface area contributed by atoms with Crippen LogP contribution in [0.4, 0.5) is 0 Å². The number of aryl methyl sites for hydroxylation is 1. The molecule has 2 amide bonds. The van der Waals surface area contributed by atoms with Crippen LogP contribution in [0.25, 0.3) is 0 Å². The molecule has 1 aromatic carbocycles. The number of hydrogen-bond donors (Lipinski definition) is 0. The van der Waals surface area contributed by atoms with E-state index < -0.39 is 0 Å². The molecular formula is C21H31N3O4.